The Bertz CT molecular complexity index is 583. The molecule has 0 saturated heterocycles. The van der Waals surface area contributed by atoms with Crippen LogP contribution in [-0.4, -0.2) is 5.91 Å². The number of hydrogen-bond donors (Lipinski definition) is 1. The molecule has 1 amide bonds. The lowest BCUT2D eigenvalue weighted by Gasteiger charge is -2.14. The van der Waals surface area contributed by atoms with Gasteiger partial charge in [-0.3, -0.25) is 4.79 Å². The summed E-state index contributed by atoms with van der Waals surface area (Å²) in [5, 5.41) is 3.39. The molecule has 2 aromatic rings. The minimum absolute atomic E-state index is 0.0447. The molecule has 0 aliphatic carbocycles. The van der Waals surface area contributed by atoms with E-state index in [9.17, 15) is 9.18 Å². The van der Waals surface area contributed by atoms with Gasteiger partial charge < -0.3 is 5.32 Å². The zero-order chi connectivity index (χ0) is 13.8. The van der Waals surface area contributed by atoms with Crippen molar-refractivity contribution >= 4 is 17.5 Å². The van der Waals surface area contributed by atoms with Crippen LogP contribution in [0.4, 0.5) is 4.39 Å². The van der Waals surface area contributed by atoms with E-state index < -0.39 is 11.7 Å². The van der Waals surface area contributed by atoms with Gasteiger partial charge in [-0.05, 0) is 36.8 Å². The van der Waals surface area contributed by atoms with Gasteiger partial charge in [-0.15, -0.1) is 0 Å². The first-order valence-corrected chi connectivity index (χ1v) is 6.26. The van der Waals surface area contributed by atoms with Gasteiger partial charge in [-0.1, -0.05) is 35.9 Å². The maximum absolute atomic E-state index is 13.5. The molecule has 0 aromatic heterocycles. The summed E-state index contributed by atoms with van der Waals surface area (Å²) in [6.07, 6.45) is 0. The lowest BCUT2D eigenvalue weighted by atomic mass is 10.1. The molecule has 98 valence electrons. The molecule has 2 rings (SSSR count). The van der Waals surface area contributed by atoms with Crippen molar-refractivity contribution in [2.45, 2.75) is 13.0 Å². The highest BCUT2D eigenvalue weighted by atomic mass is 35.5. The molecule has 0 aliphatic rings. The van der Waals surface area contributed by atoms with E-state index in [2.05, 4.69) is 5.32 Å². The summed E-state index contributed by atoms with van der Waals surface area (Å²) >= 11 is 5.80. The first-order valence-electron chi connectivity index (χ1n) is 5.89. The predicted molar refractivity (Wildman–Crippen MR) is 73.7 cm³/mol. The van der Waals surface area contributed by atoms with Gasteiger partial charge in [0.15, 0.2) is 0 Å². The zero-order valence-corrected chi connectivity index (χ0v) is 11.1. The number of rotatable bonds is 3. The van der Waals surface area contributed by atoms with Gasteiger partial charge in [0.25, 0.3) is 5.91 Å². The number of halogens is 2. The van der Waals surface area contributed by atoms with Gasteiger partial charge in [0.1, 0.15) is 5.82 Å². The summed E-state index contributed by atoms with van der Waals surface area (Å²) in [7, 11) is 0. The fourth-order valence-electron chi connectivity index (χ4n) is 1.75. The molecule has 0 bridgehead atoms. The molecule has 19 heavy (non-hydrogen) atoms. The van der Waals surface area contributed by atoms with Crippen molar-refractivity contribution in [1.29, 1.82) is 0 Å². The Morgan fingerprint density at radius 1 is 1.16 bits per heavy atom. The molecule has 0 saturated carbocycles. The van der Waals surface area contributed by atoms with E-state index in [0.29, 0.717) is 5.02 Å². The van der Waals surface area contributed by atoms with E-state index in [1.54, 1.807) is 24.3 Å². The van der Waals surface area contributed by atoms with Crippen LogP contribution in [0.5, 0.6) is 0 Å². The summed E-state index contributed by atoms with van der Waals surface area (Å²) < 4.78 is 13.5. The molecule has 2 nitrogen and oxygen atoms in total. The second-order valence-corrected chi connectivity index (χ2v) is 4.66. The maximum Gasteiger partial charge on any atom is 0.254 e. The fourth-order valence-corrected chi connectivity index (χ4v) is 1.88. The molecule has 0 heterocycles. The zero-order valence-electron chi connectivity index (χ0n) is 10.4. The molecule has 0 unspecified atom stereocenters. The van der Waals surface area contributed by atoms with Gasteiger partial charge in [-0.25, -0.2) is 4.39 Å². The molecule has 0 radical (unpaired) electrons. The quantitative estimate of drug-likeness (QED) is 0.904. The van der Waals surface area contributed by atoms with Crippen molar-refractivity contribution in [1.82, 2.24) is 5.32 Å². The number of carbonyl (C=O) groups excluding carboxylic acids is 1. The van der Waals surface area contributed by atoms with Crippen molar-refractivity contribution in [2.75, 3.05) is 0 Å². The molecule has 1 N–H and O–H groups in total. The third kappa shape index (κ3) is 3.32. The largest absolute Gasteiger partial charge is 0.345 e. The van der Waals surface area contributed by atoms with Crippen molar-refractivity contribution in [2.24, 2.45) is 0 Å². The molecule has 4 heteroatoms. The van der Waals surface area contributed by atoms with Crippen LogP contribution in [0.1, 0.15) is 28.9 Å². The Morgan fingerprint density at radius 3 is 2.42 bits per heavy atom. The molecule has 0 aliphatic heterocycles. The molecule has 0 spiro atoms. The predicted octanol–water partition coefficient (Wildman–Crippen LogP) is 3.97. The van der Waals surface area contributed by atoms with E-state index in [1.165, 1.54) is 12.1 Å². The standard InChI is InChI=1S/C15H13ClFNO/c1-10(11-6-8-12(16)9-7-11)18-15(19)13-4-2-3-5-14(13)17/h2-10H,1H3,(H,18,19)/t10-/m0/s1. The lowest BCUT2D eigenvalue weighted by Crippen LogP contribution is -2.27. The molecular weight excluding hydrogens is 265 g/mol. The van der Waals surface area contributed by atoms with E-state index in [4.69, 9.17) is 11.6 Å². The van der Waals surface area contributed by atoms with Crippen LogP contribution < -0.4 is 5.32 Å². The minimum Gasteiger partial charge on any atom is -0.345 e. The Labute approximate surface area is 116 Å². The third-order valence-electron chi connectivity index (χ3n) is 2.84. The van der Waals surface area contributed by atoms with E-state index >= 15 is 0 Å². The van der Waals surface area contributed by atoms with Crippen LogP contribution in [-0.2, 0) is 0 Å². The fraction of sp³-hybridized carbons (Fsp3) is 0.133. The number of amides is 1. The van der Waals surface area contributed by atoms with Gasteiger partial charge in [0.05, 0.1) is 11.6 Å². The van der Waals surface area contributed by atoms with Crippen LogP contribution in [0, 0.1) is 5.82 Å². The minimum atomic E-state index is -0.525. The highest BCUT2D eigenvalue weighted by molar-refractivity contribution is 6.30. The normalized spacial score (nSPS) is 11.9. The van der Waals surface area contributed by atoms with Gasteiger partial charge in [-0.2, -0.15) is 0 Å². The van der Waals surface area contributed by atoms with Gasteiger partial charge in [0, 0.05) is 5.02 Å². The smallest absolute Gasteiger partial charge is 0.254 e. The topological polar surface area (TPSA) is 29.1 Å². The molecule has 1 atom stereocenters. The summed E-state index contributed by atoms with van der Waals surface area (Å²) in [6, 6.07) is 12.8. The first-order chi connectivity index (χ1) is 9.08. The van der Waals surface area contributed by atoms with E-state index in [1.807, 2.05) is 19.1 Å². The van der Waals surface area contributed by atoms with E-state index in [-0.39, 0.29) is 11.6 Å². The van der Waals surface area contributed by atoms with Crippen molar-refractivity contribution in [3.8, 4) is 0 Å². The summed E-state index contributed by atoms with van der Waals surface area (Å²) in [5.41, 5.74) is 0.956. The Hall–Kier alpha value is -1.87. The van der Waals surface area contributed by atoms with Crippen molar-refractivity contribution in [3.63, 3.8) is 0 Å². The maximum atomic E-state index is 13.5. The number of nitrogens with one attached hydrogen (secondary N) is 1. The second-order valence-electron chi connectivity index (χ2n) is 4.23. The Morgan fingerprint density at radius 2 is 1.79 bits per heavy atom. The SMILES string of the molecule is C[C@H](NC(=O)c1ccccc1F)c1ccc(Cl)cc1. The van der Waals surface area contributed by atoms with Crippen LogP contribution in [0.3, 0.4) is 0 Å². The average Bonchev–Trinajstić information content (AvgIpc) is 2.39. The number of carbonyl (C=O) groups is 1. The second kappa shape index (κ2) is 5.85. The molecule has 0 fully saturated rings. The number of hydrogen-bond acceptors (Lipinski definition) is 1. The van der Waals surface area contributed by atoms with Crippen LogP contribution in [0.15, 0.2) is 48.5 Å². The summed E-state index contributed by atoms with van der Waals surface area (Å²) in [4.78, 5) is 11.9. The summed E-state index contributed by atoms with van der Waals surface area (Å²) in [5.74, 6) is -0.955. The van der Waals surface area contributed by atoms with Gasteiger partial charge >= 0.3 is 0 Å². The Balaban J connectivity index is 2.11. The van der Waals surface area contributed by atoms with Crippen molar-refractivity contribution in [3.05, 3.63) is 70.5 Å². The highest BCUT2D eigenvalue weighted by Crippen LogP contribution is 2.17. The van der Waals surface area contributed by atoms with Crippen LogP contribution in [0.25, 0.3) is 0 Å². The van der Waals surface area contributed by atoms with Gasteiger partial charge in [0.2, 0.25) is 0 Å². The lowest BCUT2D eigenvalue weighted by molar-refractivity contribution is 0.0936. The first kappa shape index (κ1) is 13.6. The summed E-state index contributed by atoms with van der Waals surface area (Å²) in [6.45, 7) is 1.84. The van der Waals surface area contributed by atoms with E-state index in [0.717, 1.165) is 5.56 Å². The van der Waals surface area contributed by atoms with Crippen LogP contribution >= 0.6 is 11.6 Å². The third-order valence-corrected chi connectivity index (χ3v) is 3.09. The monoisotopic (exact) mass is 277 g/mol. The average molecular weight is 278 g/mol. The van der Waals surface area contributed by atoms with Crippen LogP contribution in [0.2, 0.25) is 5.02 Å². The Kier molecular flexibility index (Phi) is 4.17. The van der Waals surface area contributed by atoms with Crippen molar-refractivity contribution < 1.29 is 9.18 Å². The molecule has 2 aromatic carbocycles. The number of benzene rings is 2. The highest BCUT2D eigenvalue weighted by Gasteiger charge is 2.14. The molecular formula is C15H13ClFNO.